The number of nitrogen functional groups attached to an aromatic ring is 1. The van der Waals surface area contributed by atoms with Crippen molar-refractivity contribution < 1.29 is 9.90 Å². The Hall–Kier alpha value is -2.33. The molecule has 0 spiro atoms. The number of hydrogen-bond acceptors (Lipinski definition) is 3. The third-order valence-corrected chi connectivity index (χ3v) is 3.42. The molecule has 2 aromatic rings. The molecule has 1 amide bonds. The molecular formula is C17H20N2O2. The Morgan fingerprint density at radius 3 is 2.57 bits per heavy atom. The van der Waals surface area contributed by atoms with Gasteiger partial charge in [0.1, 0.15) is 0 Å². The third kappa shape index (κ3) is 3.23. The molecule has 0 fully saturated rings. The molecule has 4 heteroatoms. The van der Waals surface area contributed by atoms with Crippen molar-refractivity contribution in [1.82, 2.24) is 0 Å². The van der Waals surface area contributed by atoms with Crippen molar-refractivity contribution in [1.29, 1.82) is 0 Å². The van der Waals surface area contributed by atoms with Crippen LogP contribution in [0.4, 0.5) is 11.4 Å². The van der Waals surface area contributed by atoms with E-state index in [1.54, 1.807) is 12.1 Å². The summed E-state index contributed by atoms with van der Waals surface area (Å²) < 4.78 is 0. The third-order valence-electron chi connectivity index (χ3n) is 3.42. The number of aliphatic hydroxyl groups is 1. The SMILES string of the molecule is Cc1ccc(C)c(C(=O)N(CCO)c2ccccc2N)c1. The molecule has 0 radical (unpaired) electrons. The summed E-state index contributed by atoms with van der Waals surface area (Å²) in [6.07, 6.45) is 0. The Morgan fingerprint density at radius 1 is 1.19 bits per heavy atom. The van der Waals surface area contributed by atoms with Crippen LogP contribution in [0.25, 0.3) is 0 Å². The Bertz CT molecular complexity index is 653. The zero-order valence-electron chi connectivity index (χ0n) is 12.3. The summed E-state index contributed by atoms with van der Waals surface area (Å²) in [5.74, 6) is -0.150. The number of carbonyl (C=O) groups excluding carboxylic acids is 1. The van der Waals surface area contributed by atoms with Gasteiger partial charge in [-0.1, -0.05) is 29.8 Å². The normalized spacial score (nSPS) is 10.4. The van der Waals surface area contributed by atoms with Crippen LogP contribution in [0.15, 0.2) is 42.5 Å². The maximum absolute atomic E-state index is 12.8. The number of carbonyl (C=O) groups is 1. The van der Waals surface area contributed by atoms with Crippen molar-refractivity contribution in [3.63, 3.8) is 0 Å². The maximum Gasteiger partial charge on any atom is 0.258 e. The van der Waals surface area contributed by atoms with Crippen LogP contribution >= 0.6 is 0 Å². The zero-order valence-corrected chi connectivity index (χ0v) is 12.3. The smallest absolute Gasteiger partial charge is 0.258 e. The molecular weight excluding hydrogens is 264 g/mol. The molecule has 2 rings (SSSR count). The number of rotatable bonds is 4. The number of benzene rings is 2. The molecule has 0 saturated carbocycles. The number of amides is 1. The topological polar surface area (TPSA) is 66.6 Å². The summed E-state index contributed by atoms with van der Waals surface area (Å²) in [7, 11) is 0. The van der Waals surface area contributed by atoms with Gasteiger partial charge in [0.2, 0.25) is 0 Å². The number of aliphatic hydroxyl groups excluding tert-OH is 1. The molecule has 0 saturated heterocycles. The molecule has 0 bridgehead atoms. The quantitative estimate of drug-likeness (QED) is 0.848. The number of nitrogens with zero attached hydrogens (tertiary/aromatic N) is 1. The highest BCUT2D eigenvalue weighted by Crippen LogP contribution is 2.25. The summed E-state index contributed by atoms with van der Waals surface area (Å²) in [5.41, 5.74) is 9.66. The lowest BCUT2D eigenvalue weighted by Crippen LogP contribution is -2.34. The van der Waals surface area contributed by atoms with Gasteiger partial charge in [0.05, 0.1) is 18.0 Å². The van der Waals surface area contributed by atoms with Crippen LogP contribution in [-0.4, -0.2) is 24.2 Å². The summed E-state index contributed by atoms with van der Waals surface area (Å²) in [6, 6.07) is 12.9. The highest BCUT2D eigenvalue weighted by molar-refractivity contribution is 6.08. The number of aryl methyl sites for hydroxylation is 2. The van der Waals surface area contributed by atoms with Crippen LogP contribution in [0, 0.1) is 13.8 Å². The number of nitrogens with two attached hydrogens (primary N) is 1. The van der Waals surface area contributed by atoms with Crippen LogP contribution in [0.1, 0.15) is 21.5 Å². The van der Waals surface area contributed by atoms with Gasteiger partial charge in [-0.2, -0.15) is 0 Å². The molecule has 2 aromatic carbocycles. The van der Waals surface area contributed by atoms with Crippen LogP contribution in [0.3, 0.4) is 0 Å². The minimum absolute atomic E-state index is 0.120. The largest absolute Gasteiger partial charge is 0.397 e. The van der Waals surface area contributed by atoms with E-state index in [4.69, 9.17) is 5.73 Å². The molecule has 0 aliphatic rings. The number of anilines is 2. The standard InChI is InChI=1S/C17H20N2O2/c1-12-7-8-13(2)14(11-12)17(21)19(9-10-20)16-6-4-3-5-15(16)18/h3-8,11,20H,9-10,18H2,1-2H3. The van der Waals surface area contributed by atoms with Crippen LogP contribution in [0.2, 0.25) is 0 Å². The van der Waals surface area contributed by atoms with Gasteiger partial charge >= 0.3 is 0 Å². The molecule has 0 aliphatic carbocycles. The second-order valence-corrected chi connectivity index (χ2v) is 5.06. The highest BCUT2D eigenvalue weighted by Gasteiger charge is 2.20. The summed E-state index contributed by atoms with van der Waals surface area (Å²) >= 11 is 0. The molecule has 0 unspecified atom stereocenters. The monoisotopic (exact) mass is 284 g/mol. The Kier molecular flexibility index (Phi) is 4.60. The second kappa shape index (κ2) is 6.41. The fourth-order valence-corrected chi connectivity index (χ4v) is 2.28. The van der Waals surface area contributed by atoms with Crippen molar-refractivity contribution in [2.45, 2.75) is 13.8 Å². The predicted octanol–water partition coefficient (Wildman–Crippen LogP) is 2.52. The number of hydrogen-bond donors (Lipinski definition) is 2. The van der Waals surface area contributed by atoms with E-state index in [1.807, 2.05) is 44.2 Å². The van der Waals surface area contributed by atoms with Crippen LogP contribution < -0.4 is 10.6 Å². The van der Waals surface area contributed by atoms with E-state index in [-0.39, 0.29) is 19.1 Å². The number of para-hydroxylation sites is 2. The van der Waals surface area contributed by atoms with Gasteiger partial charge in [-0.3, -0.25) is 4.79 Å². The first-order valence-electron chi connectivity index (χ1n) is 6.89. The highest BCUT2D eigenvalue weighted by atomic mass is 16.3. The maximum atomic E-state index is 12.8. The molecule has 0 aliphatic heterocycles. The van der Waals surface area contributed by atoms with E-state index in [1.165, 1.54) is 4.90 Å². The first-order chi connectivity index (χ1) is 10.0. The van der Waals surface area contributed by atoms with Gasteiger partial charge in [-0.15, -0.1) is 0 Å². The van der Waals surface area contributed by atoms with E-state index in [2.05, 4.69) is 0 Å². The Balaban J connectivity index is 2.45. The average Bonchev–Trinajstić information content (AvgIpc) is 2.47. The summed E-state index contributed by atoms with van der Waals surface area (Å²) in [6.45, 7) is 3.94. The average molecular weight is 284 g/mol. The second-order valence-electron chi connectivity index (χ2n) is 5.06. The van der Waals surface area contributed by atoms with Crippen molar-refractivity contribution in [3.05, 3.63) is 59.2 Å². The molecule has 0 heterocycles. The lowest BCUT2D eigenvalue weighted by Gasteiger charge is -2.24. The summed E-state index contributed by atoms with van der Waals surface area (Å²) in [5, 5.41) is 9.27. The van der Waals surface area contributed by atoms with Gasteiger partial charge in [0.15, 0.2) is 0 Å². The lowest BCUT2D eigenvalue weighted by atomic mass is 10.0. The van der Waals surface area contributed by atoms with E-state index < -0.39 is 0 Å². The fourth-order valence-electron chi connectivity index (χ4n) is 2.28. The van der Waals surface area contributed by atoms with Crippen molar-refractivity contribution in [2.24, 2.45) is 0 Å². The minimum atomic E-state index is -0.150. The lowest BCUT2D eigenvalue weighted by molar-refractivity contribution is 0.0980. The van der Waals surface area contributed by atoms with Gasteiger partial charge < -0.3 is 15.7 Å². The first-order valence-corrected chi connectivity index (χ1v) is 6.89. The molecule has 21 heavy (non-hydrogen) atoms. The predicted molar refractivity (Wildman–Crippen MR) is 85.5 cm³/mol. The van der Waals surface area contributed by atoms with Gasteiger partial charge in [0, 0.05) is 12.1 Å². The Labute approximate surface area is 124 Å². The fraction of sp³-hybridized carbons (Fsp3) is 0.235. The van der Waals surface area contributed by atoms with Gasteiger partial charge in [0.25, 0.3) is 5.91 Å². The van der Waals surface area contributed by atoms with E-state index in [0.717, 1.165) is 11.1 Å². The molecule has 0 atom stereocenters. The molecule has 0 aromatic heterocycles. The minimum Gasteiger partial charge on any atom is -0.397 e. The van der Waals surface area contributed by atoms with E-state index in [0.29, 0.717) is 16.9 Å². The molecule has 110 valence electrons. The molecule has 4 nitrogen and oxygen atoms in total. The Morgan fingerprint density at radius 2 is 1.90 bits per heavy atom. The van der Waals surface area contributed by atoms with E-state index in [9.17, 15) is 9.90 Å². The van der Waals surface area contributed by atoms with Gasteiger partial charge in [-0.25, -0.2) is 0 Å². The van der Waals surface area contributed by atoms with Crippen molar-refractivity contribution in [3.8, 4) is 0 Å². The zero-order chi connectivity index (χ0) is 15.4. The van der Waals surface area contributed by atoms with Crippen molar-refractivity contribution >= 4 is 17.3 Å². The van der Waals surface area contributed by atoms with Crippen LogP contribution in [0.5, 0.6) is 0 Å². The first kappa shape index (κ1) is 15.1. The summed E-state index contributed by atoms with van der Waals surface area (Å²) in [4.78, 5) is 14.3. The van der Waals surface area contributed by atoms with Crippen molar-refractivity contribution in [2.75, 3.05) is 23.8 Å². The van der Waals surface area contributed by atoms with Crippen LogP contribution in [-0.2, 0) is 0 Å². The molecule has 3 N–H and O–H groups in total. The van der Waals surface area contributed by atoms with E-state index >= 15 is 0 Å². The van der Waals surface area contributed by atoms with Gasteiger partial charge in [-0.05, 0) is 37.6 Å².